The molecule has 0 saturated carbocycles. The van der Waals surface area contributed by atoms with E-state index in [0.717, 1.165) is 60.7 Å². The van der Waals surface area contributed by atoms with Crippen LogP contribution in [0.1, 0.15) is 16.7 Å². The molecule has 0 aliphatic heterocycles. The van der Waals surface area contributed by atoms with Crippen molar-refractivity contribution in [1.29, 1.82) is 0 Å². The Morgan fingerprint density at radius 1 is 0.619 bits per heavy atom. The Labute approximate surface area is 284 Å². The van der Waals surface area contributed by atoms with Crippen molar-refractivity contribution < 1.29 is 103 Å². The van der Waals surface area contributed by atoms with Crippen LogP contribution in [0.3, 0.4) is 0 Å². The predicted molar refractivity (Wildman–Crippen MR) is 137 cm³/mol. The maximum atomic E-state index is 15.2. The van der Waals surface area contributed by atoms with Crippen LogP contribution in [0.25, 0.3) is 0 Å². The Bertz CT molecular complexity index is 1720. The van der Waals surface area contributed by atoms with Crippen molar-refractivity contribution >= 4 is 31.6 Å². The number of anilines is 2. The molecule has 0 spiro atoms. The van der Waals surface area contributed by atoms with Crippen LogP contribution < -0.4 is 75.3 Å². The van der Waals surface area contributed by atoms with Gasteiger partial charge in [0.15, 0.2) is 0 Å². The molecule has 0 atom stereocenters. The SMILES string of the molecule is Nc1ccc(C(c2ccc(N)cc2)(c2ccc(Oc3ccc(S(=O)(=O)[O-])cc3)c(S(=O)(=O)[O-])c2)C(F)(F)F)cc1.[Na+].[Na+]. The summed E-state index contributed by atoms with van der Waals surface area (Å²) in [6.07, 6.45) is -5.08. The molecule has 0 aliphatic carbocycles. The summed E-state index contributed by atoms with van der Waals surface area (Å²) >= 11 is 0. The van der Waals surface area contributed by atoms with Gasteiger partial charge in [0.25, 0.3) is 0 Å². The Hall–Kier alpha value is -2.11. The van der Waals surface area contributed by atoms with E-state index in [1.54, 1.807) is 0 Å². The van der Waals surface area contributed by atoms with Gasteiger partial charge in [0.2, 0.25) is 0 Å². The predicted octanol–water partition coefficient (Wildman–Crippen LogP) is -1.64. The summed E-state index contributed by atoms with van der Waals surface area (Å²) in [6.45, 7) is 0. The maximum absolute atomic E-state index is 15.2. The third-order valence-electron chi connectivity index (χ3n) is 6.10. The fraction of sp³-hybridized carbons (Fsp3) is 0.0769. The van der Waals surface area contributed by atoms with E-state index >= 15 is 13.2 Å². The van der Waals surface area contributed by atoms with Crippen molar-refractivity contribution in [1.82, 2.24) is 0 Å². The van der Waals surface area contributed by atoms with Gasteiger partial charge in [0.1, 0.15) is 37.2 Å². The Morgan fingerprint density at radius 2 is 1.05 bits per heavy atom. The van der Waals surface area contributed by atoms with E-state index < -0.39 is 52.9 Å². The van der Waals surface area contributed by atoms with Gasteiger partial charge in [0.05, 0.1) is 9.79 Å². The number of halogens is 3. The minimum atomic E-state index is -5.42. The molecule has 0 amide bonds. The van der Waals surface area contributed by atoms with Crippen molar-refractivity contribution in [3.63, 3.8) is 0 Å². The van der Waals surface area contributed by atoms with Crippen LogP contribution in [-0.4, -0.2) is 32.1 Å². The number of rotatable bonds is 7. The van der Waals surface area contributed by atoms with E-state index in [-0.39, 0.29) is 87.4 Å². The molecule has 0 aromatic heterocycles. The summed E-state index contributed by atoms with van der Waals surface area (Å²) < 4.78 is 121. The average molecular weight is 639 g/mol. The second-order valence-corrected chi connectivity index (χ2v) is 11.4. The topological polar surface area (TPSA) is 176 Å². The van der Waals surface area contributed by atoms with Gasteiger partial charge in [0, 0.05) is 11.4 Å². The second-order valence-electron chi connectivity index (χ2n) is 8.64. The van der Waals surface area contributed by atoms with Crippen LogP contribution in [0, 0.1) is 0 Å². The molecule has 9 nitrogen and oxygen atoms in total. The quantitative estimate of drug-likeness (QED) is 0.104. The summed E-state index contributed by atoms with van der Waals surface area (Å²) in [5.74, 6) is -0.814. The number of hydrogen-bond acceptors (Lipinski definition) is 9. The molecule has 210 valence electrons. The summed E-state index contributed by atoms with van der Waals surface area (Å²) in [6, 6.07) is 15.8. The number of benzene rings is 4. The first-order chi connectivity index (χ1) is 18.5. The van der Waals surface area contributed by atoms with Gasteiger partial charge in [-0.2, -0.15) is 13.2 Å². The molecular weight excluding hydrogens is 619 g/mol. The van der Waals surface area contributed by atoms with E-state index in [2.05, 4.69) is 0 Å². The van der Waals surface area contributed by atoms with Crippen molar-refractivity contribution in [2.24, 2.45) is 0 Å². The van der Waals surface area contributed by atoms with E-state index in [4.69, 9.17) is 16.2 Å². The van der Waals surface area contributed by atoms with Gasteiger partial charge in [-0.25, -0.2) is 16.8 Å². The summed E-state index contributed by atoms with van der Waals surface area (Å²) in [5, 5.41) is 0. The van der Waals surface area contributed by atoms with Crippen LogP contribution in [0.15, 0.2) is 101 Å². The van der Waals surface area contributed by atoms with Gasteiger partial charge in [-0.05, 0) is 77.4 Å². The van der Waals surface area contributed by atoms with Crippen molar-refractivity contribution in [3.05, 3.63) is 108 Å². The molecule has 0 bridgehead atoms. The zero-order chi connectivity index (χ0) is 29.5. The zero-order valence-corrected chi connectivity index (χ0v) is 27.8. The van der Waals surface area contributed by atoms with E-state index in [0.29, 0.717) is 6.07 Å². The molecule has 0 aliphatic rings. The summed E-state index contributed by atoms with van der Waals surface area (Å²) in [5.41, 5.74) is 7.51. The average Bonchev–Trinajstić information content (AvgIpc) is 2.85. The first-order valence-corrected chi connectivity index (χ1v) is 14.0. The fourth-order valence-corrected chi connectivity index (χ4v) is 5.38. The molecule has 4 N–H and O–H groups in total. The number of alkyl halides is 3. The molecule has 42 heavy (non-hydrogen) atoms. The van der Waals surface area contributed by atoms with Crippen molar-refractivity contribution in [3.8, 4) is 11.5 Å². The largest absolute Gasteiger partial charge is 1.00 e. The molecular formula is C26H19F3N2Na2O7S2. The normalized spacial score (nSPS) is 12.1. The van der Waals surface area contributed by atoms with Gasteiger partial charge in [-0.1, -0.05) is 30.3 Å². The Balaban J connectivity index is 0.00000308. The third kappa shape index (κ3) is 7.33. The Morgan fingerprint density at radius 3 is 1.43 bits per heavy atom. The van der Waals surface area contributed by atoms with Crippen molar-refractivity contribution in [2.45, 2.75) is 21.4 Å². The number of ether oxygens (including phenoxy) is 1. The van der Waals surface area contributed by atoms with E-state index in [9.17, 15) is 25.9 Å². The molecule has 0 fully saturated rings. The molecule has 0 unspecified atom stereocenters. The third-order valence-corrected chi connectivity index (χ3v) is 7.81. The zero-order valence-electron chi connectivity index (χ0n) is 22.1. The Kier molecular flexibility index (Phi) is 11.4. The van der Waals surface area contributed by atoms with Crippen LogP contribution in [-0.2, 0) is 25.7 Å². The second kappa shape index (κ2) is 13.3. The minimum Gasteiger partial charge on any atom is -0.744 e. The maximum Gasteiger partial charge on any atom is 1.00 e. The number of nitrogen functional groups attached to an aromatic ring is 2. The summed E-state index contributed by atoms with van der Waals surface area (Å²) in [7, 11) is -10.2. The van der Waals surface area contributed by atoms with Gasteiger partial charge >= 0.3 is 65.3 Å². The number of hydrogen-bond donors (Lipinski definition) is 2. The standard InChI is InChI=1S/C26H21F3N2O7S2.2Na/c27-26(28,29)25(16-1-6-19(30)7-2-16,17-3-8-20(31)9-4-17)18-5-14-23(24(15-18)40(35,36)37)38-21-10-12-22(13-11-21)39(32,33)34;;/h1-15H,30-31H2,(H,32,33,34)(H,35,36,37);;/q;2*+1/p-2. The molecule has 4 rings (SSSR count). The molecule has 0 radical (unpaired) electrons. The first kappa shape index (κ1) is 36.1. The molecule has 0 heterocycles. The van der Waals surface area contributed by atoms with Gasteiger partial charge < -0.3 is 25.3 Å². The molecule has 4 aromatic carbocycles. The monoisotopic (exact) mass is 638 g/mol. The minimum absolute atomic E-state index is 0. The summed E-state index contributed by atoms with van der Waals surface area (Å²) in [4.78, 5) is -1.71. The first-order valence-electron chi connectivity index (χ1n) is 11.2. The molecule has 16 heteroatoms. The molecule has 4 aromatic rings. The smallest absolute Gasteiger partial charge is 0.744 e. The van der Waals surface area contributed by atoms with Crippen LogP contribution in [0.5, 0.6) is 11.5 Å². The van der Waals surface area contributed by atoms with Crippen LogP contribution in [0.2, 0.25) is 0 Å². The van der Waals surface area contributed by atoms with Crippen LogP contribution >= 0.6 is 0 Å². The van der Waals surface area contributed by atoms with E-state index in [1.165, 1.54) is 24.3 Å². The molecule has 0 saturated heterocycles. The van der Waals surface area contributed by atoms with Gasteiger partial charge in [-0.15, -0.1) is 0 Å². The fourth-order valence-electron chi connectivity index (χ4n) is 4.28. The van der Waals surface area contributed by atoms with E-state index in [1.807, 2.05) is 0 Å². The number of nitrogens with two attached hydrogens (primary N) is 2. The van der Waals surface area contributed by atoms with Crippen LogP contribution in [0.4, 0.5) is 24.5 Å². The van der Waals surface area contributed by atoms with Gasteiger partial charge in [-0.3, -0.25) is 0 Å². The van der Waals surface area contributed by atoms with Crippen molar-refractivity contribution in [2.75, 3.05) is 11.5 Å².